The Morgan fingerprint density at radius 3 is 2.33 bits per heavy atom. The lowest BCUT2D eigenvalue weighted by Crippen LogP contribution is -2.36. The number of nitrogens with one attached hydrogen (secondary N) is 2. The molecule has 2 aromatic carbocycles. The van der Waals surface area contributed by atoms with E-state index < -0.39 is 5.60 Å². The predicted molar refractivity (Wildman–Crippen MR) is 159 cm³/mol. The summed E-state index contributed by atoms with van der Waals surface area (Å²) >= 11 is 6.41. The molecule has 1 aliphatic carbocycles. The largest absolute Gasteiger partial charge is 0.444 e. The van der Waals surface area contributed by atoms with Gasteiger partial charge in [0.2, 0.25) is 0 Å². The zero-order valence-electron chi connectivity index (χ0n) is 24.3. The van der Waals surface area contributed by atoms with Gasteiger partial charge in [-0.2, -0.15) is 5.26 Å². The third-order valence-electron chi connectivity index (χ3n) is 7.61. The Kier molecular flexibility index (Phi) is 9.10. The molecule has 1 aromatic heterocycles. The van der Waals surface area contributed by atoms with Crippen molar-refractivity contribution in [1.29, 1.82) is 5.26 Å². The van der Waals surface area contributed by atoms with Crippen LogP contribution in [0.3, 0.4) is 0 Å². The van der Waals surface area contributed by atoms with Gasteiger partial charge in [-0.25, -0.2) is 4.79 Å². The lowest BCUT2D eigenvalue weighted by Gasteiger charge is -2.29. The highest BCUT2D eigenvalue weighted by Crippen LogP contribution is 2.38. The van der Waals surface area contributed by atoms with Crippen LogP contribution >= 0.6 is 11.6 Å². The number of benzene rings is 2. The molecule has 0 saturated heterocycles. The van der Waals surface area contributed by atoms with Crippen molar-refractivity contribution < 1.29 is 14.1 Å². The number of aromatic nitrogens is 1. The Morgan fingerprint density at radius 1 is 1.07 bits per heavy atom. The van der Waals surface area contributed by atoms with Crippen LogP contribution in [0.1, 0.15) is 69.0 Å². The highest BCUT2D eigenvalue weighted by Gasteiger charge is 2.24. The van der Waals surface area contributed by atoms with Gasteiger partial charge in [-0.15, -0.1) is 0 Å². The molecule has 1 aliphatic rings. The highest BCUT2D eigenvalue weighted by atomic mass is 35.5. The van der Waals surface area contributed by atoms with E-state index in [4.69, 9.17) is 20.9 Å². The molecule has 8 heteroatoms. The number of alkyl carbamates (subject to hydrolysis) is 1. The third-order valence-corrected chi connectivity index (χ3v) is 7.92. The molecule has 1 amide bonds. The molecule has 3 aromatic rings. The summed E-state index contributed by atoms with van der Waals surface area (Å²) in [5, 5.41) is 20.6. The molecule has 0 bridgehead atoms. The minimum absolute atomic E-state index is 0.343. The molecular formula is C32H39ClN4O3. The van der Waals surface area contributed by atoms with E-state index in [2.05, 4.69) is 40.9 Å². The fourth-order valence-corrected chi connectivity index (χ4v) is 5.67. The number of amides is 1. The van der Waals surface area contributed by atoms with Crippen LogP contribution in [0.4, 0.5) is 10.5 Å². The van der Waals surface area contributed by atoms with Crippen LogP contribution in [0.2, 0.25) is 5.02 Å². The SMILES string of the molecule is Cc1noc(C)c1-c1cc(NCC2CCC(CNC(=O)OC(C)(C)C)CC2)c(C)c(-c2ccc(C#N)c(Cl)c2)c1. The second-order valence-corrected chi connectivity index (χ2v) is 12.3. The Labute approximate surface area is 242 Å². The van der Waals surface area contributed by atoms with Crippen LogP contribution in [0.5, 0.6) is 0 Å². The summed E-state index contributed by atoms with van der Waals surface area (Å²) in [6, 6.07) is 12.0. The van der Waals surface area contributed by atoms with E-state index in [1.807, 2.05) is 46.8 Å². The van der Waals surface area contributed by atoms with Crippen molar-refractivity contribution in [1.82, 2.24) is 10.5 Å². The average molecular weight is 563 g/mol. The lowest BCUT2D eigenvalue weighted by atomic mass is 9.82. The maximum atomic E-state index is 12.0. The van der Waals surface area contributed by atoms with E-state index in [0.717, 1.165) is 77.2 Å². The Morgan fingerprint density at radius 2 is 1.75 bits per heavy atom. The molecule has 1 heterocycles. The van der Waals surface area contributed by atoms with E-state index >= 15 is 0 Å². The summed E-state index contributed by atoms with van der Waals surface area (Å²) in [5.74, 6) is 1.79. The monoisotopic (exact) mass is 562 g/mol. The average Bonchev–Trinajstić information content (AvgIpc) is 3.24. The highest BCUT2D eigenvalue weighted by molar-refractivity contribution is 6.32. The number of nitrogens with zero attached hydrogens (tertiary/aromatic N) is 2. The smallest absolute Gasteiger partial charge is 0.407 e. The number of nitriles is 1. The third kappa shape index (κ3) is 7.17. The van der Waals surface area contributed by atoms with E-state index in [-0.39, 0.29) is 6.09 Å². The molecule has 1 fully saturated rings. The summed E-state index contributed by atoms with van der Waals surface area (Å²) < 4.78 is 10.8. The number of halogens is 1. The molecule has 0 aliphatic heterocycles. The van der Waals surface area contributed by atoms with Crippen LogP contribution in [-0.2, 0) is 4.74 Å². The number of carbonyl (C=O) groups is 1. The minimum Gasteiger partial charge on any atom is -0.444 e. The second kappa shape index (κ2) is 12.3. The standard InChI is InChI=1S/C32H39ClN4O3/c1-19-27(24-11-12-25(16-34)28(33)14-24)13-26(30-20(2)37-40-21(30)3)15-29(19)35-17-22-7-9-23(10-8-22)18-36-31(38)39-32(4,5)6/h11-15,22-23,35H,7-10,17-18H2,1-6H3,(H,36,38). The summed E-state index contributed by atoms with van der Waals surface area (Å²) in [7, 11) is 0. The van der Waals surface area contributed by atoms with Crippen LogP contribution in [-0.4, -0.2) is 29.9 Å². The van der Waals surface area contributed by atoms with Gasteiger partial charge in [-0.3, -0.25) is 0 Å². The number of ether oxygens (including phenoxy) is 1. The minimum atomic E-state index is -0.486. The van der Waals surface area contributed by atoms with Crippen molar-refractivity contribution in [3.05, 3.63) is 57.9 Å². The topological polar surface area (TPSA) is 100 Å². The van der Waals surface area contributed by atoms with E-state index in [1.54, 1.807) is 6.07 Å². The number of hydrogen-bond donors (Lipinski definition) is 2. The second-order valence-electron chi connectivity index (χ2n) is 11.9. The normalized spacial score (nSPS) is 17.2. The van der Waals surface area contributed by atoms with Gasteiger partial charge in [0, 0.05) is 24.3 Å². The van der Waals surface area contributed by atoms with E-state index in [9.17, 15) is 10.1 Å². The zero-order valence-corrected chi connectivity index (χ0v) is 25.0. The predicted octanol–water partition coefficient (Wildman–Crippen LogP) is 8.20. The first-order chi connectivity index (χ1) is 18.9. The quantitative estimate of drug-likeness (QED) is 0.301. The molecule has 0 unspecified atom stereocenters. The maximum Gasteiger partial charge on any atom is 0.407 e. The summed E-state index contributed by atoms with van der Waals surface area (Å²) in [5.41, 5.74) is 7.00. The van der Waals surface area contributed by atoms with Crippen molar-refractivity contribution in [3.63, 3.8) is 0 Å². The van der Waals surface area contributed by atoms with E-state index in [1.165, 1.54) is 0 Å². The number of anilines is 1. The molecule has 0 radical (unpaired) electrons. The molecule has 0 spiro atoms. The van der Waals surface area contributed by atoms with Gasteiger partial charge >= 0.3 is 6.09 Å². The van der Waals surface area contributed by atoms with Crippen molar-refractivity contribution in [2.75, 3.05) is 18.4 Å². The van der Waals surface area contributed by atoms with Crippen molar-refractivity contribution in [3.8, 4) is 28.3 Å². The van der Waals surface area contributed by atoms with Gasteiger partial charge in [0.05, 0.1) is 16.3 Å². The van der Waals surface area contributed by atoms with Gasteiger partial charge in [-0.1, -0.05) is 22.8 Å². The lowest BCUT2D eigenvalue weighted by molar-refractivity contribution is 0.0513. The molecule has 7 nitrogen and oxygen atoms in total. The first-order valence-electron chi connectivity index (χ1n) is 13.9. The maximum absolute atomic E-state index is 12.0. The van der Waals surface area contributed by atoms with Gasteiger partial charge in [0.15, 0.2) is 0 Å². The Balaban J connectivity index is 1.48. The summed E-state index contributed by atoms with van der Waals surface area (Å²) in [6.45, 7) is 13.1. The Hall–Kier alpha value is -3.50. The van der Waals surface area contributed by atoms with Crippen LogP contribution in [0, 0.1) is 43.9 Å². The Bertz CT molecular complexity index is 1390. The zero-order chi connectivity index (χ0) is 29.0. The number of aryl methyl sites for hydroxylation is 2. The molecule has 212 valence electrons. The van der Waals surface area contributed by atoms with Crippen LogP contribution in [0.25, 0.3) is 22.3 Å². The summed E-state index contributed by atoms with van der Waals surface area (Å²) in [4.78, 5) is 12.0. The molecule has 40 heavy (non-hydrogen) atoms. The van der Waals surface area contributed by atoms with Crippen molar-refractivity contribution >= 4 is 23.4 Å². The molecular weight excluding hydrogens is 524 g/mol. The number of hydrogen-bond acceptors (Lipinski definition) is 6. The fourth-order valence-electron chi connectivity index (χ4n) is 5.45. The first kappa shape index (κ1) is 29.5. The van der Waals surface area contributed by atoms with E-state index in [0.29, 0.717) is 29.0 Å². The van der Waals surface area contributed by atoms with Crippen molar-refractivity contribution in [2.24, 2.45) is 11.8 Å². The van der Waals surface area contributed by atoms with Gasteiger partial charge in [0.25, 0.3) is 0 Å². The summed E-state index contributed by atoms with van der Waals surface area (Å²) in [6.07, 6.45) is 4.02. The first-order valence-corrected chi connectivity index (χ1v) is 14.3. The van der Waals surface area contributed by atoms with Gasteiger partial charge in [0.1, 0.15) is 17.4 Å². The number of carbonyl (C=O) groups excluding carboxylic acids is 1. The molecule has 4 rings (SSSR count). The van der Waals surface area contributed by atoms with Crippen LogP contribution in [0.15, 0.2) is 34.9 Å². The molecule has 0 atom stereocenters. The van der Waals surface area contributed by atoms with Crippen LogP contribution < -0.4 is 10.6 Å². The van der Waals surface area contributed by atoms with Crippen molar-refractivity contribution in [2.45, 2.75) is 72.8 Å². The van der Waals surface area contributed by atoms with Gasteiger partial charge < -0.3 is 19.9 Å². The molecule has 2 N–H and O–H groups in total. The van der Waals surface area contributed by atoms with Gasteiger partial charge in [-0.05, 0) is 126 Å². The number of rotatable bonds is 7. The fraction of sp³-hybridized carbons (Fsp3) is 0.469. The molecule has 1 saturated carbocycles.